The Kier molecular flexibility index (Phi) is 3.89. The fraction of sp³-hybridized carbons (Fsp3) is 0.227. The standard InChI is InChI=1S/C22H14F3N3O2/c23-22(24,25)13-5-3-6-14(10-13)28-20(29)17-16(11-26)27-9-8-12-4-1-2-7-15(12)19(27)18(17)21(28)30/h1-10,16-19H/p+1/t16-,17-,18-,19-/m0/s1. The molecule has 0 bridgehead atoms. The number of fused-ring (bicyclic) bond motifs is 5. The molecule has 8 heteroatoms. The number of hydrogen-bond donors (Lipinski definition) is 1. The highest BCUT2D eigenvalue weighted by Gasteiger charge is 2.66. The maximum atomic E-state index is 13.4. The summed E-state index contributed by atoms with van der Waals surface area (Å²) in [6, 6.07) is 12.5. The van der Waals surface area contributed by atoms with Crippen molar-refractivity contribution in [2.75, 3.05) is 4.90 Å². The Hall–Kier alpha value is -3.44. The zero-order chi connectivity index (χ0) is 21.2. The highest BCUT2D eigenvalue weighted by Crippen LogP contribution is 2.45. The highest BCUT2D eigenvalue weighted by molar-refractivity contribution is 6.22. The second-order valence-electron chi connectivity index (χ2n) is 7.66. The van der Waals surface area contributed by atoms with Gasteiger partial charge >= 0.3 is 6.18 Å². The molecule has 0 aromatic heterocycles. The molecule has 0 radical (unpaired) electrons. The number of halogens is 3. The van der Waals surface area contributed by atoms with Crippen molar-refractivity contribution >= 4 is 23.6 Å². The molecule has 30 heavy (non-hydrogen) atoms. The predicted octanol–water partition coefficient (Wildman–Crippen LogP) is 2.33. The number of carbonyl (C=O) groups excluding carboxylic acids is 2. The summed E-state index contributed by atoms with van der Waals surface area (Å²) in [6.07, 6.45) is -0.929. The molecule has 2 amide bonds. The number of benzene rings is 2. The van der Waals surface area contributed by atoms with Crippen LogP contribution in [-0.4, -0.2) is 17.9 Å². The van der Waals surface area contributed by atoms with Crippen LogP contribution in [0.25, 0.3) is 6.08 Å². The topological polar surface area (TPSA) is 65.6 Å². The third-order valence-corrected chi connectivity index (χ3v) is 6.19. The van der Waals surface area contributed by atoms with E-state index in [4.69, 9.17) is 0 Å². The van der Waals surface area contributed by atoms with E-state index in [1.165, 1.54) is 12.1 Å². The van der Waals surface area contributed by atoms with Gasteiger partial charge in [0.2, 0.25) is 11.8 Å². The van der Waals surface area contributed by atoms with E-state index >= 15 is 0 Å². The van der Waals surface area contributed by atoms with E-state index in [0.29, 0.717) is 0 Å². The van der Waals surface area contributed by atoms with Gasteiger partial charge in [0, 0.05) is 5.56 Å². The van der Waals surface area contributed by atoms with Crippen LogP contribution in [0.15, 0.2) is 54.7 Å². The van der Waals surface area contributed by atoms with Crippen molar-refractivity contribution in [1.82, 2.24) is 0 Å². The first-order chi connectivity index (χ1) is 14.3. The quantitative estimate of drug-likeness (QED) is 0.734. The molecule has 1 N–H and O–H groups in total. The number of nitrogens with one attached hydrogen (secondary N) is 1. The minimum Gasteiger partial charge on any atom is -0.287 e. The van der Waals surface area contributed by atoms with Gasteiger partial charge in [0.1, 0.15) is 23.9 Å². The van der Waals surface area contributed by atoms with E-state index in [1.807, 2.05) is 30.3 Å². The molecule has 5 atom stereocenters. The molecule has 2 aromatic rings. The van der Waals surface area contributed by atoms with Gasteiger partial charge in [0.25, 0.3) is 0 Å². The second kappa shape index (κ2) is 6.28. The van der Waals surface area contributed by atoms with Gasteiger partial charge in [-0.3, -0.25) is 14.5 Å². The number of hydrogen-bond acceptors (Lipinski definition) is 3. The Morgan fingerprint density at radius 2 is 1.73 bits per heavy atom. The molecule has 0 aliphatic carbocycles. The number of alkyl halides is 3. The van der Waals surface area contributed by atoms with E-state index in [2.05, 4.69) is 6.07 Å². The van der Waals surface area contributed by atoms with E-state index in [9.17, 15) is 28.0 Å². The Morgan fingerprint density at radius 3 is 2.47 bits per heavy atom. The third-order valence-electron chi connectivity index (χ3n) is 6.19. The van der Waals surface area contributed by atoms with Crippen LogP contribution in [0.4, 0.5) is 18.9 Å². The van der Waals surface area contributed by atoms with Crippen molar-refractivity contribution < 1.29 is 27.7 Å². The Balaban J connectivity index is 1.61. The number of anilines is 1. The SMILES string of the molecule is N#C[C@H]1[C@@H]2C(=O)N(c3cccc(C(F)(F)F)c3)C(=O)[C@@H]2[C@@H]2c3ccccc3C=C[NH+]12. The second-order valence-corrected chi connectivity index (χ2v) is 7.66. The minimum absolute atomic E-state index is 0.118. The summed E-state index contributed by atoms with van der Waals surface area (Å²) in [4.78, 5) is 28.1. The molecule has 3 aliphatic rings. The molecule has 0 spiro atoms. The fourth-order valence-corrected chi connectivity index (χ4v) is 4.96. The number of rotatable bonds is 1. The summed E-state index contributed by atoms with van der Waals surface area (Å²) in [5.41, 5.74) is 0.705. The van der Waals surface area contributed by atoms with E-state index in [-0.39, 0.29) is 5.69 Å². The summed E-state index contributed by atoms with van der Waals surface area (Å²) in [7, 11) is 0. The highest BCUT2D eigenvalue weighted by atomic mass is 19.4. The first-order valence-corrected chi connectivity index (χ1v) is 9.41. The van der Waals surface area contributed by atoms with Gasteiger partial charge in [-0.05, 0) is 29.8 Å². The zero-order valence-corrected chi connectivity index (χ0v) is 15.4. The van der Waals surface area contributed by atoms with Gasteiger partial charge in [0.05, 0.1) is 17.5 Å². The molecule has 3 heterocycles. The molecule has 1 unspecified atom stereocenters. The summed E-state index contributed by atoms with van der Waals surface area (Å²) >= 11 is 0. The number of carbonyl (C=O) groups is 2. The molecule has 5 nitrogen and oxygen atoms in total. The van der Waals surface area contributed by atoms with E-state index in [0.717, 1.165) is 33.1 Å². The van der Waals surface area contributed by atoms with Crippen molar-refractivity contribution in [2.24, 2.45) is 11.8 Å². The van der Waals surface area contributed by atoms with Crippen molar-refractivity contribution in [3.8, 4) is 6.07 Å². The van der Waals surface area contributed by atoms with Gasteiger partial charge < -0.3 is 0 Å². The van der Waals surface area contributed by atoms with E-state index in [1.54, 1.807) is 6.20 Å². The average Bonchev–Trinajstić information content (AvgIpc) is 3.20. The maximum absolute atomic E-state index is 13.4. The van der Waals surface area contributed by atoms with Crippen molar-refractivity contribution in [3.63, 3.8) is 0 Å². The Bertz CT molecular complexity index is 1150. The molecular formula is C22H15F3N3O2+. The summed E-state index contributed by atoms with van der Waals surface area (Å²) in [5, 5.41) is 9.78. The summed E-state index contributed by atoms with van der Waals surface area (Å²) in [5.74, 6) is -2.90. The van der Waals surface area contributed by atoms with Crippen LogP contribution in [0, 0.1) is 23.2 Å². The molecular weight excluding hydrogens is 395 g/mol. The fourth-order valence-electron chi connectivity index (χ4n) is 4.96. The van der Waals surface area contributed by atoms with Crippen LogP contribution >= 0.6 is 0 Å². The average molecular weight is 410 g/mol. The van der Waals surface area contributed by atoms with Gasteiger partial charge in [-0.15, -0.1) is 0 Å². The van der Waals surface area contributed by atoms with Crippen LogP contribution in [0.1, 0.15) is 22.7 Å². The summed E-state index contributed by atoms with van der Waals surface area (Å²) in [6.45, 7) is 0. The van der Waals surface area contributed by atoms with E-state index < -0.39 is 47.5 Å². The first kappa shape index (κ1) is 18.6. The minimum atomic E-state index is -4.60. The Morgan fingerprint density at radius 1 is 1.00 bits per heavy atom. The van der Waals surface area contributed by atoms with Gasteiger partial charge in [-0.25, -0.2) is 4.90 Å². The number of nitrogens with zero attached hydrogens (tertiary/aromatic N) is 2. The zero-order valence-electron chi connectivity index (χ0n) is 15.4. The number of imide groups is 1. The molecule has 0 saturated carbocycles. The van der Waals surface area contributed by atoms with Crippen LogP contribution < -0.4 is 9.80 Å². The molecule has 2 saturated heterocycles. The monoisotopic (exact) mass is 410 g/mol. The third kappa shape index (κ3) is 2.45. The van der Waals surface area contributed by atoms with Gasteiger partial charge in [-0.1, -0.05) is 30.3 Å². The van der Waals surface area contributed by atoms with Crippen molar-refractivity contribution in [1.29, 1.82) is 5.26 Å². The van der Waals surface area contributed by atoms with Crippen LogP contribution in [-0.2, 0) is 15.8 Å². The normalized spacial score (nSPS) is 29.4. The molecule has 2 fully saturated rings. The Labute approximate surface area is 169 Å². The number of quaternary nitrogens is 1. The van der Waals surface area contributed by atoms with Crippen molar-refractivity contribution in [2.45, 2.75) is 18.3 Å². The molecule has 150 valence electrons. The van der Waals surface area contributed by atoms with Gasteiger partial charge in [-0.2, -0.15) is 18.4 Å². The molecule has 5 rings (SSSR count). The van der Waals surface area contributed by atoms with Crippen molar-refractivity contribution in [3.05, 3.63) is 71.4 Å². The lowest BCUT2D eigenvalue weighted by atomic mass is 9.85. The maximum Gasteiger partial charge on any atom is 0.416 e. The lowest BCUT2D eigenvalue weighted by molar-refractivity contribution is -0.885. The number of amides is 2. The lowest BCUT2D eigenvalue weighted by Crippen LogP contribution is -3.10. The lowest BCUT2D eigenvalue weighted by Gasteiger charge is -2.29. The van der Waals surface area contributed by atoms with Crippen LogP contribution in [0.5, 0.6) is 0 Å². The largest absolute Gasteiger partial charge is 0.416 e. The predicted molar refractivity (Wildman–Crippen MR) is 99.5 cm³/mol. The smallest absolute Gasteiger partial charge is 0.287 e. The van der Waals surface area contributed by atoms with Crippen LogP contribution in [0.2, 0.25) is 0 Å². The van der Waals surface area contributed by atoms with Crippen LogP contribution in [0.3, 0.4) is 0 Å². The van der Waals surface area contributed by atoms with Gasteiger partial charge in [0.15, 0.2) is 6.04 Å². The molecule has 2 aromatic carbocycles. The first-order valence-electron chi connectivity index (χ1n) is 9.41. The number of nitriles is 1. The molecule has 3 aliphatic heterocycles. The summed E-state index contributed by atoms with van der Waals surface area (Å²) < 4.78 is 39.4.